The minimum atomic E-state index is 0.497. The molecule has 3 saturated carbocycles. The smallest absolute Gasteiger partial charge is 0.119 e. The van der Waals surface area contributed by atoms with E-state index in [1.807, 2.05) is 0 Å². The fraction of sp³-hybridized carbons (Fsp3) is 0.793. The molecule has 2 nitrogen and oxygen atoms in total. The number of ether oxygens (including phenoxy) is 2. The summed E-state index contributed by atoms with van der Waals surface area (Å²) in [5.41, 5.74) is 1.50. The summed E-state index contributed by atoms with van der Waals surface area (Å²) < 4.78 is 12.2. The van der Waals surface area contributed by atoms with Crippen LogP contribution in [-0.2, 0) is 4.74 Å². The molecule has 1 aromatic carbocycles. The first-order chi connectivity index (χ1) is 15.2. The van der Waals surface area contributed by atoms with Crippen molar-refractivity contribution in [2.24, 2.45) is 23.7 Å². The first-order valence-corrected chi connectivity index (χ1v) is 13.5. The molecule has 31 heavy (non-hydrogen) atoms. The van der Waals surface area contributed by atoms with Crippen LogP contribution in [0.5, 0.6) is 5.75 Å². The highest BCUT2D eigenvalue weighted by Gasteiger charge is 2.30. The maximum Gasteiger partial charge on any atom is 0.119 e. The van der Waals surface area contributed by atoms with Crippen molar-refractivity contribution in [3.05, 3.63) is 29.8 Å². The summed E-state index contributed by atoms with van der Waals surface area (Å²) in [6, 6.07) is 8.92. The van der Waals surface area contributed by atoms with Gasteiger partial charge < -0.3 is 9.47 Å². The Morgan fingerprint density at radius 3 is 1.81 bits per heavy atom. The molecule has 3 aliphatic rings. The molecule has 3 aliphatic carbocycles. The lowest BCUT2D eigenvalue weighted by Gasteiger charge is -2.37. The van der Waals surface area contributed by atoms with Crippen molar-refractivity contribution in [2.75, 3.05) is 13.2 Å². The van der Waals surface area contributed by atoms with Gasteiger partial charge in [-0.05, 0) is 98.7 Å². The number of rotatable bonds is 8. The van der Waals surface area contributed by atoms with Crippen LogP contribution < -0.4 is 4.74 Å². The van der Waals surface area contributed by atoms with E-state index in [4.69, 9.17) is 9.47 Å². The van der Waals surface area contributed by atoms with Crippen molar-refractivity contribution in [2.45, 2.75) is 109 Å². The van der Waals surface area contributed by atoms with Gasteiger partial charge in [0.05, 0.1) is 19.3 Å². The summed E-state index contributed by atoms with van der Waals surface area (Å²) in [7, 11) is 0. The highest BCUT2D eigenvalue weighted by molar-refractivity contribution is 5.29. The summed E-state index contributed by atoms with van der Waals surface area (Å²) in [5, 5.41) is 0. The quantitative estimate of drug-likeness (QED) is 0.390. The van der Waals surface area contributed by atoms with Crippen LogP contribution in [0.4, 0.5) is 0 Å². The van der Waals surface area contributed by atoms with E-state index in [2.05, 4.69) is 38.1 Å². The van der Waals surface area contributed by atoms with Gasteiger partial charge in [0, 0.05) is 6.42 Å². The maximum atomic E-state index is 6.20. The Labute approximate surface area is 191 Å². The van der Waals surface area contributed by atoms with Crippen molar-refractivity contribution >= 4 is 0 Å². The van der Waals surface area contributed by atoms with E-state index >= 15 is 0 Å². The maximum absolute atomic E-state index is 6.20. The van der Waals surface area contributed by atoms with E-state index in [0.717, 1.165) is 55.0 Å². The summed E-state index contributed by atoms with van der Waals surface area (Å²) >= 11 is 0. The predicted molar refractivity (Wildman–Crippen MR) is 130 cm³/mol. The Morgan fingerprint density at radius 2 is 1.19 bits per heavy atom. The summed E-state index contributed by atoms with van der Waals surface area (Å²) in [5.74, 6) is 5.65. The van der Waals surface area contributed by atoms with Gasteiger partial charge in [-0.2, -0.15) is 0 Å². The monoisotopic (exact) mass is 426 g/mol. The lowest BCUT2D eigenvalue weighted by Crippen LogP contribution is -2.28. The molecule has 0 heterocycles. The Balaban J connectivity index is 1.07. The number of hydrogen-bond acceptors (Lipinski definition) is 2. The fourth-order valence-corrected chi connectivity index (χ4v) is 6.41. The van der Waals surface area contributed by atoms with E-state index in [1.165, 1.54) is 82.6 Å². The van der Waals surface area contributed by atoms with Crippen LogP contribution in [0, 0.1) is 23.7 Å². The van der Waals surface area contributed by atoms with Crippen molar-refractivity contribution < 1.29 is 9.47 Å². The molecular weight excluding hydrogens is 380 g/mol. The van der Waals surface area contributed by atoms with Gasteiger partial charge in [-0.25, -0.2) is 0 Å². The highest BCUT2D eigenvalue weighted by Crippen LogP contribution is 2.40. The molecule has 0 aliphatic heterocycles. The second-order valence-corrected chi connectivity index (χ2v) is 11.2. The van der Waals surface area contributed by atoms with Crippen molar-refractivity contribution in [1.82, 2.24) is 0 Å². The molecule has 0 aromatic heterocycles. The molecule has 1 aromatic rings. The topological polar surface area (TPSA) is 18.5 Å². The average Bonchev–Trinajstić information content (AvgIpc) is 2.81. The van der Waals surface area contributed by atoms with Crippen LogP contribution >= 0.6 is 0 Å². The lowest BCUT2D eigenvalue weighted by molar-refractivity contribution is 0.00301. The van der Waals surface area contributed by atoms with Gasteiger partial charge in [-0.15, -0.1) is 0 Å². The van der Waals surface area contributed by atoms with Crippen LogP contribution in [0.15, 0.2) is 24.3 Å². The van der Waals surface area contributed by atoms with E-state index < -0.39 is 0 Å². The lowest BCUT2D eigenvalue weighted by atomic mass is 9.71. The molecular formula is C29H46O2. The third-order valence-corrected chi connectivity index (χ3v) is 8.72. The first-order valence-electron chi connectivity index (χ1n) is 13.5. The van der Waals surface area contributed by atoms with Crippen LogP contribution in [0.3, 0.4) is 0 Å². The van der Waals surface area contributed by atoms with Gasteiger partial charge in [0.2, 0.25) is 0 Å². The molecule has 2 heteroatoms. The Bertz CT molecular complexity index is 615. The van der Waals surface area contributed by atoms with Crippen LogP contribution in [0.2, 0.25) is 0 Å². The van der Waals surface area contributed by atoms with E-state index in [9.17, 15) is 0 Å². The molecule has 0 unspecified atom stereocenters. The minimum absolute atomic E-state index is 0.497. The molecule has 0 saturated heterocycles. The number of benzene rings is 1. The zero-order valence-electron chi connectivity index (χ0n) is 20.2. The van der Waals surface area contributed by atoms with Gasteiger partial charge in [0.15, 0.2) is 0 Å². The molecule has 0 radical (unpaired) electrons. The van der Waals surface area contributed by atoms with Gasteiger partial charge >= 0.3 is 0 Å². The summed E-state index contributed by atoms with van der Waals surface area (Å²) in [4.78, 5) is 0. The average molecular weight is 427 g/mol. The van der Waals surface area contributed by atoms with Crippen LogP contribution in [0.25, 0.3) is 0 Å². The zero-order chi connectivity index (χ0) is 21.5. The zero-order valence-corrected chi connectivity index (χ0v) is 20.2. The first kappa shape index (κ1) is 23.1. The predicted octanol–water partition coefficient (Wildman–Crippen LogP) is 8.15. The minimum Gasteiger partial charge on any atom is -0.494 e. The van der Waals surface area contributed by atoms with E-state index in [1.54, 1.807) is 0 Å². The molecule has 0 amide bonds. The van der Waals surface area contributed by atoms with Gasteiger partial charge in [0.1, 0.15) is 5.75 Å². The summed E-state index contributed by atoms with van der Waals surface area (Å²) in [6.45, 7) is 6.42. The molecule has 0 bridgehead atoms. The van der Waals surface area contributed by atoms with Gasteiger partial charge in [-0.1, -0.05) is 51.7 Å². The van der Waals surface area contributed by atoms with Crippen molar-refractivity contribution in [1.29, 1.82) is 0 Å². The van der Waals surface area contributed by atoms with Crippen LogP contribution in [-0.4, -0.2) is 19.3 Å². The molecule has 0 N–H and O–H groups in total. The standard InChI is InChI=1S/C29H46O2/c1-22-4-8-24(9-5-22)26-12-16-28(17-13-26)30-20-3-21-31-29-18-14-27(15-19-29)25-10-6-23(2)7-11-25/h12-13,16-17,22-25,27,29H,3-11,14-15,18-21H2,1-2H3. The molecule has 0 spiro atoms. The highest BCUT2D eigenvalue weighted by atomic mass is 16.5. The normalized spacial score (nSPS) is 34.4. The van der Waals surface area contributed by atoms with Gasteiger partial charge in [-0.3, -0.25) is 0 Å². The second kappa shape index (κ2) is 11.7. The second-order valence-electron chi connectivity index (χ2n) is 11.2. The van der Waals surface area contributed by atoms with Crippen LogP contribution in [0.1, 0.15) is 109 Å². The van der Waals surface area contributed by atoms with Gasteiger partial charge in [0.25, 0.3) is 0 Å². The Hall–Kier alpha value is -1.02. The van der Waals surface area contributed by atoms with Crippen molar-refractivity contribution in [3.63, 3.8) is 0 Å². The van der Waals surface area contributed by atoms with E-state index in [0.29, 0.717) is 6.10 Å². The van der Waals surface area contributed by atoms with E-state index in [-0.39, 0.29) is 0 Å². The SMILES string of the molecule is CC1CCC(c2ccc(OCCCOC3CCC(C4CCC(C)CC4)CC3)cc2)CC1. The summed E-state index contributed by atoms with van der Waals surface area (Å²) in [6.07, 6.45) is 18.2. The Morgan fingerprint density at radius 1 is 0.645 bits per heavy atom. The largest absolute Gasteiger partial charge is 0.494 e. The molecule has 174 valence electrons. The Kier molecular flexibility index (Phi) is 8.76. The third kappa shape index (κ3) is 6.98. The number of hydrogen-bond donors (Lipinski definition) is 0. The molecule has 0 atom stereocenters. The third-order valence-electron chi connectivity index (χ3n) is 8.72. The fourth-order valence-electron chi connectivity index (χ4n) is 6.41. The molecule has 4 rings (SSSR count). The van der Waals surface area contributed by atoms with Crippen molar-refractivity contribution in [3.8, 4) is 5.75 Å². The molecule has 3 fully saturated rings.